The molecule has 70 valence electrons. The molecule has 0 aromatic rings. The van der Waals surface area contributed by atoms with Gasteiger partial charge in [-0.3, -0.25) is 4.79 Å². The molecule has 0 bridgehead atoms. The maximum Gasteiger partial charge on any atom is 0.709 e. The monoisotopic (exact) mass is 178 g/mol. The summed E-state index contributed by atoms with van der Waals surface area (Å²) in [6, 6.07) is 0. The molecule has 0 saturated carbocycles. The number of aliphatic hydroxyl groups is 2. The van der Waals surface area contributed by atoms with Gasteiger partial charge in [-0.2, -0.15) is 0 Å². The van der Waals surface area contributed by atoms with Gasteiger partial charge in [-0.25, -0.2) is 0 Å². The van der Waals surface area contributed by atoms with Crippen molar-refractivity contribution in [3.05, 3.63) is 0 Å². The van der Waals surface area contributed by atoms with Crippen molar-refractivity contribution >= 4 is 13.3 Å². The fourth-order valence-corrected chi connectivity index (χ4v) is 0.417. The van der Waals surface area contributed by atoms with Crippen molar-refractivity contribution in [3.8, 4) is 0 Å². The molecule has 0 aliphatic heterocycles. The van der Waals surface area contributed by atoms with Gasteiger partial charge in [0.15, 0.2) is 0 Å². The maximum absolute atomic E-state index is 10.9. The van der Waals surface area contributed by atoms with E-state index in [1.165, 1.54) is 6.92 Å². The second-order valence-corrected chi connectivity index (χ2v) is 2.61. The molecule has 12 heavy (non-hydrogen) atoms. The number of carbonyl (C=O) groups is 1. The van der Waals surface area contributed by atoms with Crippen LogP contribution in [0.25, 0.3) is 0 Å². The summed E-state index contributed by atoms with van der Waals surface area (Å²) in [7, 11) is -2.23. The average Bonchev–Trinajstić information content (AvgIpc) is 2.02. The summed E-state index contributed by atoms with van der Waals surface area (Å²) in [5.74, 6) is -1.07. The van der Waals surface area contributed by atoms with Crippen molar-refractivity contribution in [1.29, 1.82) is 0 Å². The predicted molar refractivity (Wildman–Crippen MR) is 38.6 cm³/mol. The zero-order chi connectivity index (χ0) is 9.78. The summed E-state index contributed by atoms with van der Waals surface area (Å²) in [4.78, 5) is 10.9. The van der Waals surface area contributed by atoms with Gasteiger partial charge in [0.2, 0.25) is 0 Å². The van der Waals surface area contributed by atoms with Crippen LogP contribution < -0.4 is 0 Å². The van der Waals surface area contributed by atoms with Crippen molar-refractivity contribution in [2.24, 2.45) is 5.41 Å². The lowest BCUT2D eigenvalue weighted by atomic mass is 9.93. The Labute approximate surface area is 69.6 Å². The Kier molecular flexibility index (Phi) is 4.18. The Bertz CT molecular complexity index is 154. The average molecular weight is 178 g/mol. The minimum Gasteiger partial charge on any atom is -0.485 e. The number of hydrogen-bond donors (Lipinski definition) is 4. The molecule has 0 saturated heterocycles. The van der Waals surface area contributed by atoms with Crippen molar-refractivity contribution in [2.75, 3.05) is 13.2 Å². The molecule has 0 amide bonds. The lowest BCUT2D eigenvalue weighted by Crippen LogP contribution is -2.40. The SMILES string of the molecule is CC(CO)(CO)C(=O)OB(O)O. The van der Waals surface area contributed by atoms with E-state index in [0.717, 1.165) is 0 Å². The van der Waals surface area contributed by atoms with Crippen LogP contribution in [-0.4, -0.2) is 46.8 Å². The Morgan fingerprint density at radius 1 is 1.42 bits per heavy atom. The molecular weight excluding hydrogens is 167 g/mol. The number of rotatable bonds is 4. The topological polar surface area (TPSA) is 107 Å². The van der Waals surface area contributed by atoms with Crippen molar-refractivity contribution in [3.63, 3.8) is 0 Å². The van der Waals surface area contributed by atoms with E-state index in [2.05, 4.69) is 4.65 Å². The van der Waals surface area contributed by atoms with E-state index in [1.54, 1.807) is 0 Å². The van der Waals surface area contributed by atoms with Gasteiger partial charge in [0.1, 0.15) is 5.41 Å². The molecule has 7 heteroatoms. The van der Waals surface area contributed by atoms with Crippen LogP contribution in [0.1, 0.15) is 6.92 Å². The first kappa shape index (κ1) is 11.4. The maximum atomic E-state index is 10.9. The summed E-state index contributed by atoms with van der Waals surface area (Å²) in [5, 5.41) is 33.7. The number of aliphatic hydroxyl groups excluding tert-OH is 2. The second-order valence-electron chi connectivity index (χ2n) is 2.61. The minimum absolute atomic E-state index is 0.630. The van der Waals surface area contributed by atoms with E-state index in [-0.39, 0.29) is 0 Å². The van der Waals surface area contributed by atoms with Crippen molar-refractivity contribution < 1.29 is 29.7 Å². The van der Waals surface area contributed by atoms with Crippen LogP contribution in [-0.2, 0) is 9.45 Å². The van der Waals surface area contributed by atoms with Crippen molar-refractivity contribution in [1.82, 2.24) is 0 Å². The van der Waals surface area contributed by atoms with Gasteiger partial charge in [-0.05, 0) is 6.92 Å². The molecule has 0 aliphatic rings. The highest BCUT2D eigenvalue weighted by Gasteiger charge is 2.35. The molecule has 0 rings (SSSR count). The summed E-state index contributed by atoms with van der Waals surface area (Å²) >= 11 is 0. The van der Waals surface area contributed by atoms with E-state index < -0.39 is 31.9 Å². The van der Waals surface area contributed by atoms with Crippen molar-refractivity contribution in [2.45, 2.75) is 6.92 Å². The largest absolute Gasteiger partial charge is 0.709 e. The third kappa shape index (κ3) is 2.78. The summed E-state index contributed by atoms with van der Waals surface area (Å²) in [5.41, 5.74) is -1.50. The third-order valence-electron chi connectivity index (χ3n) is 1.40. The van der Waals surface area contributed by atoms with Crippen LogP contribution in [0.2, 0.25) is 0 Å². The first-order chi connectivity index (χ1) is 5.46. The van der Waals surface area contributed by atoms with Gasteiger partial charge in [0.25, 0.3) is 0 Å². The van der Waals surface area contributed by atoms with E-state index in [1.807, 2.05) is 0 Å². The fourth-order valence-electron chi connectivity index (χ4n) is 0.417. The standard InChI is InChI=1S/C5H11BO6/c1-5(2-7,3-8)4(9)12-6(10)11/h7-8,10-11H,2-3H2,1H3. The molecule has 0 spiro atoms. The highest BCUT2D eigenvalue weighted by molar-refractivity contribution is 6.35. The van der Waals surface area contributed by atoms with Crippen LogP contribution in [0.4, 0.5) is 0 Å². The molecule has 0 aromatic carbocycles. The van der Waals surface area contributed by atoms with Gasteiger partial charge in [0.05, 0.1) is 13.2 Å². The predicted octanol–water partition coefficient (Wildman–Crippen LogP) is -2.51. The molecule has 6 nitrogen and oxygen atoms in total. The second kappa shape index (κ2) is 4.41. The summed E-state index contributed by atoms with van der Waals surface area (Å²) < 4.78 is 3.95. The first-order valence-electron chi connectivity index (χ1n) is 3.25. The van der Waals surface area contributed by atoms with Crippen LogP contribution in [0, 0.1) is 5.41 Å². The van der Waals surface area contributed by atoms with Crippen LogP contribution in [0.5, 0.6) is 0 Å². The van der Waals surface area contributed by atoms with E-state index in [4.69, 9.17) is 20.3 Å². The molecule has 0 unspecified atom stereocenters. The summed E-state index contributed by atoms with van der Waals surface area (Å²) in [6.07, 6.45) is 0. The molecule has 0 aromatic heterocycles. The highest BCUT2D eigenvalue weighted by Crippen LogP contribution is 2.16. The van der Waals surface area contributed by atoms with Gasteiger partial charge >= 0.3 is 13.3 Å². The molecule has 4 N–H and O–H groups in total. The zero-order valence-electron chi connectivity index (χ0n) is 6.60. The van der Waals surface area contributed by atoms with E-state index in [9.17, 15) is 4.79 Å². The van der Waals surface area contributed by atoms with Gasteiger partial charge in [-0.1, -0.05) is 0 Å². The quantitative estimate of drug-likeness (QED) is 0.354. The Balaban J connectivity index is 4.22. The molecule has 0 aliphatic carbocycles. The van der Waals surface area contributed by atoms with Crippen LogP contribution >= 0.6 is 0 Å². The Morgan fingerprint density at radius 3 is 2.08 bits per heavy atom. The van der Waals surface area contributed by atoms with E-state index >= 15 is 0 Å². The van der Waals surface area contributed by atoms with Crippen LogP contribution in [0.3, 0.4) is 0 Å². The Morgan fingerprint density at radius 2 is 1.83 bits per heavy atom. The first-order valence-corrected chi connectivity index (χ1v) is 3.25. The molecule has 0 radical (unpaired) electrons. The lowest BCUT2D eigenvalue weighted by molar-refractivity contribution is -0.152. The smallest absolute Gasteiger partial charge is 0.485 e. The molecular formula is C5H11BO6. The molecule has 0 fully saturated rings. The molecule has 0 atom stereocenters. The van der Waals surface area contributed by atoms with Gasteiger partial charge < -0.3 is 24.9 Å². The van der Waals surface area contributed by atoms with Crippen LogP contribution in [0.15, 0.2) is 0 Å². The zero-order valence-corrected chi connectivity index (χ0v) is 6.60. The van der Waals surface area contributed by atoms with Gasteiger partial charge in [-0.15, -0.1) is 0 Å². The van der Waals surface area contributed by atoms with Gasteiger partial charge in [0, 0.05) is 0 Å². The normalized spacial score (nSPS) is 11.1. The number of hydrogen-bond acceptors (Lipinski definition) is 6. The van der Waals surface area contributed by atoms with E-state index in [0.29, 0.717) is 0 Å². The molecule has 0 heterocycles. The Hall–Kier alpha value is -0.625. The summed E-state index contributed by atoms with van der Waals surface area (Å²) in [6.45, 7) is -0.0260. The third-order valence-corrected chi connectivity index (χ3v) is 1.40. The lowest BCUT2D eigenvalue weighted by Gasteiger charge is -2.21. The highest BCUT2D eigenvalue weighted by atomic mass is 16.6. The number of carbonyl (C=O) groups excluding carboxylic acids is 1. The minimum atomic E-state index is -2.23. The fraction of sp³-hybridized carbons (Fsp3) is 0.800.